The first-order chi connectivity index (χ1) is 16.7. The highest BCUT2D eigenvalue weighted by Crippen LogP contribution is 2.32. The second-order valence-electron chi connectivity index (χ2n) is 9.78. The Hall–Kier alpha value is -3.46. The molecule has 4 heterocycles. The largest absolute Gasteiger partial charge is 0.384 e. The lowest BCUT2D eigenvalue weighted by atomic mass is 9.80. The molecule has 4 N–H and O–H groups in total. The number of benzene rings is 1. The van der Waals surface area contributed by atoms with Crippen LogP contribution in [0.4, 0.5) is 11.5 Å². The zero-order valence-corrected chi connectivity index (χ0v) is 19.4. The average Bonchev–Trinajstić information content (AvgIpc) is 3.49. The van der Waals surface area contributed by atoms with E-state index < -0.39 is 0 Å². The third kappa shape index (κ3) is 4.23. The van der Waals surface area contributed by atoms with E-state index in [4.69, 9.17) is 5.73 Å². The number of rotatable bonds is 5. The highest BCUT2D eigenvalue weighted by molar-refractivity contribution is 5.76. The number of anilines is 2. The molecule has 2 aliphatic rings. The lowest BCUT2D eigenvalue weighted by Crippen LogP contribution is -2.61. The molecule has 0 unspecified atom stereocenters. The number of aromatic amines is 1. The molecule has 2 fully saturated rings. The fraction of sp³-hybridized carbons (Fsp3) is 0.440. The fourth-order valence-electron chi connectivity index (χ4n) is 5.64. The van der Waals surface area contributed by atoms with Gasteiger partial charge in [0, 0.05) is 43.5 Å². The number of H-pyrrole nitrogens is 1. The minimum Gasteiger partial charge on any atom is -0.384 e. The number of nitrogens with zero attached hydrogens (tertiary/aromatic N) is 6. The summed E-state index contributed by atoms with van der Waals surface area (Å²) in [6.45, 7) is 3.96. The summed E-state index contributed by atoms with van der Waals surface area (Å²) in [6, 6.07) is 10.8. The maximum atomic E-state index is 5.94. The standard InChI is InChI=1S/C25H31N9/c26-22-13-20(23-24(29-22)31-32-30-23)11-19-14-28-34(16-19)15-18-5-4-6-21(12-18)33-10-9-27-25(17-33)7-2-1-3-8-25/h4-6,12-14,16,27H,1-3,7-11,15,17H2,(H3,26,29,30,31,32). The minimum atomic E-state index is 0.301. The Morgan fingerprint density at radius 1 is 1.06 bits per heavy atom. The number of hydrogen-bond donors (Lipinski definition) is 3. The van der Waals surface area contributed by atoms with Crippen LogP contribution in [0.5, 0.6) is 0 Å². The third-order valence-corrected chi connectivity index (χ3v) is 7.28. The van der Waals surface area contributed by atoms with E-state index >= 15 is 0 Å². The normalized spacial score (nSPS) is 18.1. The van der Waals surface area contributed by atoms with Crippen LogP contribution in [0.3, 0.4) is 0 Å². The van der Waals surface area contributed by atoms with Gasteiger partial charge >= 0.3 is 0 Å². The molecule has 0 bridgehead atoms. The van der Waals surface area contributed by atoms with Crippen LogP contribution in [0.1, 0.15) is 48.8 Å². The molecule has 3 aromatic heterocycles. The topological polar surface area (TPSA) is 114 Å². The summed E-state index contributed by atoms with van der Waals surface area (Å²) >= 11 is 0. The summed E-state index contributed by atoms with van der Waals surface area (Å²) < 4.78 is 2.00. The molecule has 6 rings (SSSR count). The van der Waals surface area contributed by atoms with Gasteiger partial charge in [0.05, 0.1) is 12.7 Å². The van der Waals surface area contributed by atoms with Gasteiger partial charge < -0.3 is 16.0 Å². The molecule has 0 atom stereocenters. The number of piperazine rings is 1. The van der Waals surface area contributed by atoms with E-state index in [9.17, 15) is 0 Å². The van der Waals surface area contributed by atoms with Crippen LogP contribution >= 0.6 is 0 Å². The van der Waals surface area contributed by atoms with E-state index in [1.807, 2.05) is 16.9 Å². The molecule has 9 heteroatoms. The number of nitrogen functional groups attached to an aromatic ring is 1. The van der Waals surface area contributed by atoms with Crippen LogP contribution < -0.4 is 16.0 Å². The Kier molecular flexibility index (Phi) is 5.41. The smallest absolute Gasteiger partial charge is 0.203 e. The van der Waals surface area contributed by atoms with Gasteiger partial charge in [-0.15, -0.1) is 5.10 Å². The van der Waals surface area contributed by atoms with Crippen molar-refractivity contribution in [2.45, 2.75) is 50.6 Å². The number of nitrogens with one attached hydrogen (secondary N) is 2. The van der Waals surface area contributed by atoms with Crippen molar-refractivity contribution in [2.75, 3.05) is 30.3 Å². The quantitative estimate of drug-likeness (QED) is 0.422. The van der Waals surface area contributed by atoms with E-state index in [0.29, 0.717) is 23.4 Å². The van der Waals surface area contributed by atoms with Crippen LogP contribution in [-0.2, 0) is 13.0 Å². The highest BCUT2D eigenvalue weighted by Gasteiger charge is 2.36. The summed E-state index contributed by atoms with van der Waals surface area (Å²) in [6.07, 6.45) is 11.3. The summed E-state index contributed by atoms with van der Waals surface area (Å²) in [5.41, 5.74) is 12.2. The lowest BCUT2D eigenvalue weighted by Gasteiger charge is -2.47. The van der Waals surface area contributed by atoms with E-state index in [0.717, 1.165) is 42.8 Å². The number of hydrogen-bond acceptors (Lipinski definition) is 7. The minimum absolute atomic E-state index is 0.301. The first-order valence-corrected chi connectivity index (χ1v) is 12.2. The molecule has 1 aromatic carbocycles. The van der Waals surface area contributed by atoms with Gasteiger partial charge in [-0.25, -0.2) is 4.98 Å². The van der Waals surface area contributed by atoms with Gasteiger partial charge in [-0.05, 0) is 47.7 Å². The molecule has 0 radical (unpaired) electrons. The third-order valence-electron chi connectivity index (χ3n) is 7.28. The molecular weight excluding hydrogens is 426 g/mol. The molecular formula is C25H31N9. The molecule has 1 aliphatic heterocycles. The summed E-state index contributed by atoms with van der Waals surface area (Å²) in [5.74, 6) is 0.448. The van der Waals surface area contributed by atoms with E-state index in [-0.39, 0.29) is 0 Å². The molecule has 9 nitrogen and oxygen atoms in total. The van der Waals surface area contributed by atoms with Gasteiger partial charge in [-0.3, -0.25) is 4.68 Å². The molecule has 1 saturated heterocycles. The number of aromatic nitrogens is 6. The van der Waals surface area contributed by atoms with E-state index in [1.54, 1.807) is 0 Å². The molecule has 1 aliphatic carbocycles. The molecule has 34 heavy (non-hydrogen) atoms. The van der Waals surface area contributed by atoms with Crippen LogP contribution in [0.15, 0.2) is 42.7 Å². The van der Waals surface area contributed by atoms with Gasteiger partial charge in [0.25, 0.3) is 0 Å². The van der Waals surface area contributed by atoms with Gasteiger partial charge in [0.2, 0.25) is 5.65 Å². The first-order valence-electron chi connectivity index (χ1n) is 12.2. The molecule has 0 amide bonds. The summed E-state index contributed by atoms with van der Waals surface area (Å²) in [4.78, 5) is 6.78. The van der Waals surface area contributed by atoms with Crippen molar-refractivity contribution in [3.05, 3.63) is 59.4 Å². The number of nitrogens with two attached hydrogens (primary N) is 1. The predicted octanol–water partition coefficient (Wildman–Crippen LogP) is 2.88. The van der Waals surface area contributed by atoms with Crippen LogP contribution in [0.25, 0.3) is 11.2 Å². The molecule has 176 valence electrons. The lowest BCUT2D eigenvalue weighted by molar-refractivity contribution is 0.216. The zero-order valence-electron chi connectivity index (χ0n) is 19.4. The van der Waals surface area contributed by atoms with Crippen molar-refractivity contribution >= 4 is 22.7 Å². The van der Waals surface area contributed by atoms with Crippen molar-refractivity contribution in [1.82, 2.24) is 35.5 Å². The second-order valence-corrected chi connectivity index (χ2v) is 9.78. The fourth-order valence-corrected chi connectivity index (χ4v) is 5.64. The van der Waals surface area contributed by atoms with Crippen molar-refractivity contribution in [1.29, 1.82) is 0 Å². The SMILES string of the molecule is Nc1cc(Cc2cnn(Cc3cccc(N4CCNC5(CCCCC5)C4)c3)c2)c2n[nH]nc2n1. The summed E-state index contributed by atoms with van der Waals surface area (Å²) in [7, 11) is 0. The highest BCUT2D eigenvalue weighted by atomic mass is 15.3. The zero-order chi connectivity index (χ0) is 23.0. The van der Waals surface area contributed by atoms with E-state index in [1.165, 1.54) is 43.4 Å². The Balaban J connectivity index is 1.16. The van der Waals surface area contributed by atoms with Gasteiger partial charge in [0.15, 0.2) is 0 Å². The van der Waals surface area contributed by atoms with Gasteiger partial charge in [0.1, 0.15) is 11.3 Å². The van der Waals surface area contributed by atoms with E-state index in [2.05, 4.69) is 66.2 Å². The van der Waals surface area contributed by atoms with Gasteiger partial charge in [-0.1, -0.05) is 31.4 Å². The van der Waals surface area contributed by atoms with Crippen LogP contribution in [0.2, 0.25) is 0 Å². The van der Waals surface area contributed by atoms with Crippen molar-refractivity contribution in [2.24, 2.45) is 0 Å². The molecule has 1 spiro atoms. The average molecular weight is 458 g/mol. The number of fused-ring (bicyclic) bond motifs is 1. The monoisotopic (exact) mass is 457 g/mol. The molecule has 4 aromatic rings. The summed E-state index contributed by atoms with van der Waals surface area (Å²) in [5, 5.41) is 19.4. The van der Waals surface area contributed by atoms with Crippen LogP contribution in [-0.4, -0.2) is 55.3 Å². The maximum absolute atomic E-state index is 5.94. The van der Waals surface area contributed by atoms with Gasteiger partial charge in [-0.2, -0.15) is 15.4 Å². The Morgan fingerprint density at radius 3 is 2.88 bits per heavy atom. The Morgan fingerprint density at radius 2 is 1.97 bits per heavy atom. The van der Waals surface area contributed by atoms with Crippen molar-refractivity contribution in [3.63, 3.8) is 0 Å². The van der Waals surface area contributed by atoms with Crippen LogP contribution in [0, 0.1) is 0 Å². The number of pyridine rings is 1. The van der Waals surface area contributed by atoms with Crippen molar-refractivity contribution < 1.29 is 0 Å². The first kappa shape index (κ1) is 21.1. The Labute approximate surface area is 198 Å². The molecule has 1 saturated carbocycles. The maximum Gasteiger partial charge on any atom is 0.203 e. The Bertz CT molecular complexity index is 1280. The van der Waals surface area contributed by atoms with Crippen molar-refractivity contribution in [3.8, 4) is 0 Å². The predicted molar refractivity (Wildman–Crippen MR) is 133 cm³/mol. The second kappa shape index (κ2) is 8.72.